The van der Waals surface area contributed by atoms with Crippen LogP contribution in [0, 0.1) is 6.92 Å². The predicted molar refractivity (Wildman–Crippen MR) is 113 cm³/mol. The molecule has 154 valence electrons. The molecule has 1 heterocycles. The summed E-state index contributed by atoms with van der Waals surface area (Å²) in [5.74, 6) is 0.0963. The normalized spacial score (nSPS) is 14.5. The molecule has 0 atom stereocenters. The molecule has 1 N–H and O–H groups in total. The minimum atomic E-state index is -0.261. The molecule has 0 aromatic heterocycles. The Morgan fingerprint density at radius 2 is 1.79 bits per heavy atom. The van der Waals surface area contributed by atoms with Crippen LogP contribution in [0.2, 0.25) is 0 Å². The van der Waals surface area contributed by atoms with Crippen LogP contribution in [0.25, 0.3) is 0 Å². The summed E-state index contributed by atoms with van der Waals surface area (Å²) < 4.78 is 5.07. The van der Waals surface area contributed by atoms with Crippen LogP contribution in [0.3, 0.4) is 0 Å². The van der Waals surface area contributed by atoms with Gasteiger partial charge in [0.1, 0.15) is 0 Å². The summed E-state index contributed by atoms with van der Waals surface area (Å²) in [4.78, 5) is 29.9. The van der Waals surface area contributed by atoms with E-state index in [1.165, 1.54) is 4.90 Å². The molecular formula is C23H30N3O3+. The number of aryl methyl sites for hydroxylation is 1. The van der Waals surface area contributed by atoms with E-state index in [0.29, 0.717) is 32.8 Å². The van der Waals surface area contributed by atoms with Crippen LogP contribution >= 0.6 is 0 Å². The number of hydrogen-bond acceptors (Lipinski definition) is 3. The van der Waals surface area contributed by atoms with Crippen molar-refractivity contribution in [3.05, 3.63) is 65.7 Å². The Morgan fingerprint density at radius 3 is 2.45 bits per heavy atom. The summed E-state index contributed by atoms with van der Waals surface area (Å²) in [6.45, 7) is 7.92. The molecule has 1 fully saturated rings. The molecule has 2 amide bonds. The zero-order valence-electron chi connectivity index (χ0n) is 17.3. The van der Waals surface area contributed by atoms with Gasteiger partial charge in [-0.2, -0.15) is 0 Å². The van der Waals surface area contributed by atoms with Crippen molar-refractivity contribution in [1.29, 1.82) is 0 Å². The van der Waals surface area contributed by atoms with Crippen molar-refractivity contribution in [1.82, 2.24) is 4.90 Å². The van der Waals surface area contributed by atoms with Crippen LogP contribution in [-0.2, 0) is 16.1 Å². The highest BCUT2D eigenvalue weighted by atomic mass is 16.6. The summed E-state index contributed by atoms with van der Waals surface area (Å²) in [5, 5.41) is 0. The van der Waals surface area contributed by atoms with Gasteiger partial charge in [0.05, 0.1) is 39.3 Å². The zero-order chi connectivity index (χ0) is 20.6. The Labute approximate surface area is 172 Å². The molecule has 1 aliphatic rings. The predicted octanol–water partition coefficient (Wildman–Crippen LogP) is 1.89. The molecule has 2 aromatic carbocycles. The summed E-state index contributed by atoms with van der Waals surface area (Å²) >= 11 is 0. The average Bonchev–Trinajstić information content (AvgIpc) is 2.73. The summed E-state index contributed by atoms with van der Waals surface area (Å²) in [6.07, 6.45) is -0.261. The molecule has 1 aliphatic heterocycles. The third kappa shape index (κ3) is 5.81. The first kappa shape index (κ1) is 20.9. The quantitative estimate of drug-likeness (QED) is 0.811. The number of amides is 2. The van der Waals surface area contributed by atoms with Crippen molar-refractivity contribution in [3.8, 4) is 0 Å². The first-order chi connectivity index (χ1) is 14.1. The highest BCUT2D eigenvalue weighted by molar-refractivity contribution is 5.94. The fourth-order valence-electron chi connectivity index (χ4n) is 3.59. The third-order valence-electron chi connectivity index (χ3n) is 5.20. The smallest absolute Gasteiger partial charge is 0.410 e. The first-order valence-corrected chi connectivity index (χ1v) is 10.2. The molecule has 29 heavy (non-hydrogen) atoms. The van der Waals surface area contributed by atoms with Crippen molar-refractivity contribution in [2.24, 2.45) is 0 Å². The van der Waals surface area contributed by atoms with Gasteiger partial charge < -0.3 is 14.5 Å². The second-order valence-electron chi connectivity index (χ2n) is 7.42. The van der Waals surface area contributed by atoms with Gasteiger partial charge in [-0.15, -0.1) is 0 Å². The highest BCUT2D eigenvalue weighted by Gasteiger charge is 2.28. The van der Waals surface area contributed by atoms with Crippen molar-refractivity contribution in [2.75, 3.05) is 44.2 Å². The van der Waals surface area contributed by atoms with E-state index in [-0.39, 0.29) is 12.0 Å². The van der Waals surface area contributed by atoms with Crippen molar-refractivity contribution < 1.29 is 19.2 Å². The van der Waals surface area contributed by atoms with E-state index in [1.807, 2.05) is 67.3 Å². The first-order valence-electron chi connectivity index (χ1n) is 10.2. The summed E-state index contributed by atoms with van der Waals surface area (Å²) in [6, 6.07) is 18.1. The topological polar surface area (TPSA) is 54.3 Å². The molecule has 0 spiro atoms. The van der Waals surface area contributed by atoms with Crippen LogP contribution < -0.4 is 9.80 Å². The van der Waals surface area contributed by atoms with Crippen LogP contribution in [0.15, 0.2) is 54.6 Å². The maximum Gasteiger partial charge on any atom is 0.410 e. The van der Waals surface area contributed by atoms with Gasteiger partial charge in [0, 0.05) is 5.69 Å². The Hall–Kier alpha value is -2.86. The van der Waals surface area contributed by atoms with Gasteiger partial charge in [-0.25, -0.2) is 4.79 Å². The monoisotopic (exact) mass is 396 g/mol. The Balaban J connectivity index is 1.66. The van der Waals surface area contributed by atoms with Crippen molar-refractivity contribution in [3.63, 3.8) is 0 Å². The number of rotatable bonds is 6. The number of hydrogen-bond donors (Lipinski definition) is 1. The second kappa shape index (κ2) is 10.1. The number of benzene rings is 2. The van der Waals surface area contributed by atoms with Crippen molar-refractivity contribution >= 4 is 17.7 Å². The van der Waals surface area contributed by atoms with Gasteiger partial charge in [0.15, 0.2) is 6.54 Å². The number of quaternary nitrogens is 1. The fourth-order valence-corrected chi connectivity index (χ4v) is 3.59. The lowest BCUT2D eigenvalue weighted by Crippen LogP contribution is -3.15. The number of nitrogens with one attached hydrogen (secondary N) is 1. The third-order valence-corrected chi connectivity index (χ3v) is 5.20. The zero-order valence-corrected chi connectivity index (χ0v) is 17.3. The van der Waals surface area contributed by atoms with E-state index < -0.39 is 0 Å². The number of carbonyl (C=O) groups is 2. The van der Waals surface area contributed by atoms with Gasteiger partial charge >= 0.3 is 6.09 Å². The van der Waals surface area contributed by atoms with Gasteiger partial charge in [0.25, 0.3) is 5.91 Å². The number of nitrogens with zero attached hydrogens (tertiary/aromatic N) is 2. The SMILES string of the molecule is CCOC(=O)N1CC[NH+](CC(=O)N(Cc2ccccc2)c2cccc(C)c2)CC1. The highest BCUT2D eigenvalue weighted by Crippen LogP contribution is 2.19. The molecule has 1 saturated heterocycles. The summed E-state index contributed by atoms with van der Waals surface area (Å²) in [5.41, 5.74) is 3.15. The molecule has 0 radical (unpaired) electrons. The maximum absolute atomic E-state index is 13.2. The van der Waals surface area contributed by atoms with Crippen LogP contribution in [-0.4, -0.2) is 56.2 Å². The number of anilines is 1. The molecular weight excluding hydrogens is 366 g/mol. The van der Waals surface area contributed by atoms with Gasteiger partial charge in [-0.1, -0.05) is 42.5 Å². The Morgan fingerprint density at radius 1 is 1.07 bits per heavy atom. The van der Waals surface area contributed by atoms with E-state index >= 15 is 0 Å². The van der Waals surface area contributed by atoms with Crippen molar-refractivity contribution in [2.45, 2.75) is 20.4 Å². The molecule has 0 aliphatic carbocycles. The molecule has 0 unspecified atom stereocenters. The second-order valence-corrected chi connectivity index (χ2v) is 7.42. The summed E-state index contributed by atoms with van der Waals surface area (Å²) in [7, 11) is 0. The standard InChI is InChI=1S/C23H29N3O3/c1-3-29-23(28)25-14-12-24(13-15-25)18-22(27)26(17-20-9-5-4-6-10-20)21-11-7-8-19(2)16-21/h4-11,16H,3,12-15,17-18H2,1-2H3/p+1. The van der Waals surface area contributed by atoms with Crippen LogP contribution in [0.1, 0.15) is 18.1 Å². The lowest BCUT2D eigenvalue weighted by Gasteiger charge is -2.32. The lowest BCUT2D eigenvalue weighted by atomic mass is 10.1. The molecule has 2 aromatic rings. The van der Waals surface area contributed by atoms with E-state index in [0.717, 1.165) is 29.9 Å². The fraction of sp³-hybridized carbons (Fsp3) is 0.391. The Bertz CT molecular complexity index is 817. The van der Waals surface area contributed by atoms with Crippen LogP contribution in [0.5, 0.6) is 0 Å². The molecule has 0 bridgehead atoms. The van der Waals surface area contributed by atoms with E-state index in [4.69, 9.17) is 4.74 Å². The van der Waals surface area contributed by atoms with Gasteiger partial charge in [-0.3, -0.25) is 9.69 Å². The molecule has 0 saturated carbocycles. The minimum absolute atomic E-state index is 0.0963. The van der Waals surface area contributed by atoms with E-state index in [1.54, 1.807) is 4.90 Å². The number of ether oxygens (including phenoxy) is 1. The molecule has 6 nitrogen and oxygen atoms in total. The maximum atomic E-state index is 13.2. The van der Waals surface area contributed by atoms with Gasteiger partial charge in [0.2, 0.25) is 0 Å². The lowest BCUT2D eigenvalue weighted by molar-refractivity contribution is -0.895. The minimum Gasteiger partial charge on any atom is -0.450 e. The van der Waals surface area contributed by atoms with E-state index in [9.17, 15) is 9.59 Å². The van der Waals surface area contributed by atoms with E-state index in [2.05, 4.69) is 6.07 Å². The average molecular weight is 397 g/mol. The van der Waals surface area contributed by atoms with Crippen LogP contribution in [0.4, 0.5) is 10.5 Å². The number of carbonyl (C=O) groups excluding carboxylic acids is 2. The molecule has 3 rings (SSSR count). The Kier molecular flexibility index (Phi) is 7.25. The molecule has 6 heteroatoms. The van der Waals surface area contributed by atoms with Gasteiger partial charge in [-0.05, 0) is 37.1 Å². The number of piperazine rings is 1. The largest absolute Gasteiger partial charge is 0.450 e.